The maximum atomic E-state index is 12.2. The van der Waals surface area contributed by atoms with Crippen molar-refractivity contribution in [2.45, 2.75) is 37.4 Å². The van der Waals surface area contributed by atoms with E-state index in [2.05, 4.69) is 36.9 Å². The second-order valence-corrected chi connectivity index (χ2v) is 8.40. The Kier molecular flexibility index (Phi) is 17.5. The lowest BCUT2D eigenvalue weighted by Gasteiger charge is -2.17. The van der Waals surface area contributed by atoms with E-state index in [1.165, 1.54) is 0 Å². The molecule has 0 fully saturated rings. The van der Waals surface area contributed by atoms with Gasteiger partial charge in [-0.05, 0) is 12.8 Å². The first-order valence-corrected chi connectivity index (χ1v) is 12.2. The van der Waals surface area contributed by atoms with Gasteiger partial charge in [-0.2, -0.15) is 0 Å². The molecule has 236 valence electrons. The number of nitrogens with one attached hydrogen (secondary N) is 6. The number of aliphatic imine (C=N–C) groups is 1. The third kappa shape index (κ3) is 17.5. The quantitative estimate of drug-likeness (QED) is 0.0349. The molecule has 0 saturated carbocycles. The molecule has 6 amide bonds. The maximum Gasteiger partial charge on any atom is 0.326 e. The summed E-state index contributed by atoms with van der Waals surface area (Å²) in [5.41, 5.74) is 15.7. The lowest BCUT2D eigenvalue weighted by molar-refractivity contribution is -0.142. The van der Waals surface area contributed by atoms with Crippen molar-refractivity contribution < 1.29 is 53.7 Å². The van der Waals surface area contributed by atoms with Crippen LogP contribution < -0.4 is 49.1 Å². The number of hydrogen-bond acceptors (Lipinski definition) is 11. The van der Waals surface area contributed by atoms with Crippen molar-refractivity contribution in [3.63, 3.8) is 0 Å². The molecule has 0 aromatic carbocycles. The number of carbonyl (C=O) groups excluding carboxylic acids is 6. The van der Waals surface area contributed by atoms with E-state index in [1.54, 1.807) is 0 Å². The Morgan fingerprint density at radius 2 is 1.17 bits per heavy atom. The number of carbonyl (C=O) groups is 8. The second-order valence-electron chi connectivity index (χ2n) is 8.40. The molecule has 0 aromatic heterocycles. The number of aliphatic carboxylic acids is 2. The van der Waals surface area contributed by atoms with Crippen LogP contribution in [0.25, 0.3) is 0 Å². The van der Waals surface area contributed by atoms with Crippen LogP contribution in [0.4, 0.5) is 0 Å². The first kappa shape index (κ1) is 36.9. The van der Waals surface area contributed by atoms with Gasteiger partial charge in [0.05, 0.1) is 45.2 Å². The molecule has 21 heteroatoms. The first-order valence-electron chi connectivity index (χ1n) is 12.2. The van der Waals surface area contributed by atoms with Gasteiger partial charge in [0.1, 0.15) is 12.1 Å². The van der Waals surface area contributed by atoms with Crippen molar-refractivity contribution in [3.05, 3.63) is 0 Å². The van der Waals surface area contributed by atoms with Gasteiger partial charge in [0, 0.05) is 6.54 Å². The third-order valence-electron chi connectivity index (χ3n) is 4.88. The van der Waals surface area contributed by atoms with Crippen LogP contribution in [0.1, 0.15) is 19.3 Å². The molecule has 0 aliphatic carbocycles. The SMILES string of the molecule is NC(N)=NCCC[C@H](NC(=O)CNC(=O)[C@H](CO)NC(=O)CNC(=O)CNC(=O)CNC(=O)[C@@H](N)CC(=O)O)C(=O)O. The number of hydrogen-bond donors (Lipinski definition) is 12. The Labute approximate surface area is 238 Å². The highest BCUT2D eigenvalue weighted by Gasteiger charge is 2.23. The van der Waals surface area contributed by atoms with E-state index >= 15 is 0 Å². The monoisotopic (exact) mass is 604 g/mol. The molecular formula is C21H36N10O11. The van der Waals surface area contributed by atoms with E-state index in [1.807, 2.05) is 0 Å². The minimum Gasteiger partial charge on any atom is -0.481 e. The number of amides is 6. The molecule has 0 aromatic rings. The van der Waals surface area contributed by atoms with Crippen LogP contribution in [0.2, 0.25) is 0 Å². The molecule has 15 N–H and O–H groups in total. The minimum absolute atomic E-state index is 0.00358. The highest BCUT2D eigenvalue weighted by Crippen LogP contribution is 1.98. The Balaban J connectivity index is 4.44. The molecule has 0 aliphatic rings. The van der Waals surface area contributed by atoms with Crippen LogP contribution in [0.5, 0.6) is 0 Å². The number of nitrogens with zero attached hydrogens (tertiary/aromatic N) is 1. The van der Waals surface area contributed by atoms with Crippen molar-refractivity contribution in [1.29, 1.82) is 0 Å². The normalized spacial score (nSPS) is 12.3. The molecular weight excluding hydrogens is 568 g/mol. The topological polar surface area (TPSA) is 360 Å². The average molecular weight is 605 g/mol. The molecule has 0 bridgehead atoms. The highest BCUT2D eigenvalue weighted by atomic mass is 16.4. The van der Waals surface area contributed by atoms with E-state index < -0.39 is 105 Å². The van der Waals surface area contributed by atoms with Gasteiger partial charge in [-0.3, -0.25) is 38.6 Å². The number of rotatable bonds is 20. The zero-order chi connectivity index (χ0) is 32.2. The standard InChI is InChI=1S/C21H36N10O11/c22-10(4-17(37)38)18(39)28-6-14(34)26-5-13(33)27-7-15(35)31-12(9-32)19(40)29-8-16(36)30-11(20(41)42)2-1-3-25-21(23)24/h10-12,32H,1-9,22H2,(H,26,34)(H,27,33)(H,28,39)(H,29,40)(H,30,36)(H,31,35)(H,37,38)(H,41,42)(H4,23,24,25)/t10-,11-,12-/m0/s1. The number of guanidine groups is 1. The van der Waals surface area contributed by atoms with Crippen LogP contribution >= 0.6 is 0 Å². The van der Waals surface area contributed by atoms with Crippen molar-refractivity contribution in [1.82, 2.24) is 31.9 Å². The van der Waals surface area contributed by atoms with Gasteiger partial charge in [-0.25, -0.2) is 4.79 Å². The minimum atomic E-state index is -1.52. The second kappa shape index (κ2) is 19.9. The number of aliphatic hydroxyl groups is 1. The Bertz CT molecular complexity index is 1030. The lowest BCUT2D eigenvalue weighted by Crippen LogP contribution is -2.53. The largest absolute Gasteiger partial charge is 0.481 e. The third-order valence-corrected chi connectivity index (χ3v) is 4.88. The number of carboxylic acids is 2. The van der Waals surface area contributed by atoms with E-state index in [0.717, 1.165) is 0 Å². The van der Waals surface area contributed by atoms with Crippen molar-refractivity contribution in [2.75, 3.05) is 39.3 Å². The van der Waals surface area contributed by atoms with Crippen molar-refractivity contribution in [2.24, 2.45) is 22.2 Å². The van der Waals surface area contributed by atoms with E-state index in [0.29, 0.717) is 0 Å². The molecule has 0 radical (unpaired) electrons. The molecule has 0 unspecified atom stereocenters. The van der Waals surface area contributed by atoms with Crippen molar-refractivity contribution >= 4 is 53.3 Å². The van der Waals surface area contributed by atoms with Crippen LogP contribution in [-0.2, 0) is 38.4 Å². The van der Waals surface area contributed by atoms with Crippen LogP contribution in [0.3, 0.4) is 0 Å². The number of carboxylic acid groups (broad SMARTS) is 2. The van der Waals surface area contributed by atoms with Gasteiger partial charge in [0.15, 0.2) is 5.96 Å². The lowest BCUT2D eigenvalue weighted by atomic mass is 10.1. The zero-order valence-electron chi connectivity index (χ0n) is 22.4. The van der Waals surface area contributed by atoms with Gasteiger partial charge >= 0.3 is 11.9 Å². The summed E-state index contributed by atoms with van der Waals surface area (Å²) in [5.74, 6) is -8.11. The molecule has 0 saturated heterocycles. The maximum absolute atomic E-state index is 12.2. The fourth-order valence-electron chi connectivity index (χ4n) is 2.80. The molecule has 3 atom stereocenters. The fourth-order valence-corrected chi connectivity index (χ4v) is 2.80. The summed E-state index contributed by atoms with van der Waals surface area (Å²) in [6.45, 7) is -3.29. The molecule has 0 aliphatic heterocycles. The summed E-state index contributed by atoms with van der Waals surface area (Å²) < 4.78 is 0. The summed E-state index contributed by atoms with van der Waals surface area (Å²) in [6, 6.07) is -4.18. The summed E-state index contributed by atoms with van der Waals surface area (Å²) in [5, 5.41) is 40.0. The summed E-state index contributed by atoms with van der Waals surface area (Å²) >= 11 is 0. The van der Waals surface area contributed by atoms with Gasteiger partial charge < -0.3 is 64.4 Å². The van der Waals surface area contributed by atoms with Crippen molar-refractivity contribution in [3.8, 4) is 0 Å². The predicted octanol–water partition coefficient (Wildman–Crippen LogP) is -7.65. The number of aliphatic hydroxyl groups excluding tert-OH is 1. The molecule has 0 rings (SSSR count). The summed E-state index contributed by atoms with van der Waals surface area (Å²) in [4.78, 5) is 96.9. The van der Waals surface area contributed by atoms with Gasteiger partial charge in [-0.15, -0.1) is 0 Å². The summed E-state index contributed by atoms with van der Waals surface area (Å²) in [7, 11) is 0. The van der Waals surface area contributed by atoms with Crippen LogP contribution in [-0.4, -0.2) is 126 Å². The van der Waals surface area contributed by atoms with Gasteiger partial charge in [-0.1, -0.05) is 0 Å². The first-order chi connectivity index (χ1) is 19.7. The predicted molar refractivity (Wildman–Crippen MR) is 141 cm³/mol. The van der Waals surface area contributed by atoms with E-state index in [9.17, 15) is 48.6 Å². The van der Waals surface area contributed by atoms with Crippen LogP contribution in [0, 0.1) is 0 Å². The Morgan fingerprint density at radius 3 is 1.67 bits per heavy atom. The fraction of sp³-hybridized carbons (Fsp3) is 0.571. The van der Waals surface area contributed by atoms with Crippen LogP contribution in [0.15, 0.2) is 4.99 Å². The highest BCUT2D eigenvalue weighted by molar-refractivity contribution is 5.94. The number of nitrogens with two attached hydrogens (primary N) is 3. The smallest absolute Gasteiger partial charge is 0.326 e. The Morgan fingerprint density at radius 1 is 0.690 bits per heavy atom. The molecule has 0 heterocycles. The zero-order valence-corrected chi connectivity index (χ0v) is 22.4. The summed E-state index contributed by atoms with van der Waals surface area (Å²) in [6.07, 6.45) is -0.411. The van der Waals surface area contributed by atoms with Gasteiger partial charge in [0.2, 0.25) is 35.4 Å². The molecule has 21 nitrogen and oxygen atoms in total. The van der Waals surface area contributed by atoms with E-state index in [-0.39, 0.29) is 25.3 Å². The van der Waals surface area contributed by atoms with E-state index in [4.69, 9.17) is 22.3 Å². The van der Waals surface area contributed by atoms with Gasteiger partial charge in [0.25, 0.3) is 0 Å². The molecule has 0 spiro atoms. The molecule has 42 heavy (non-hydrogen) atoms. The average Bonchev–Trinajstić information content (AvgIpc) is 2.91. The Hall–Kier alpha value is -5.05.